The summed E-state index contributed by atoms with van der Waals surface area (Å²) in [7, 11) is 1.99. The van der Waals surface area contributed by atoms with Crippen LogP contribution < -0.4 is 0 Å². The van der Waals surface area contributed by atoms with Gasteiger partial charge in [0.25, 0.3) is 0 Å². The van der Waals surface area contributed by atoms with Gasteiger partial charge in [0, 0.05) is 51.8 Å². The van der Waals surface area contributed by atoms with E-state index in [1.807, 2.05) is 14.0 Å². The maximum atomic E-state index is 13.4. The lowest BCUT2D eigenvalue weighted by Crippen LogP contribution is -2.84. The van der Waals surface area contributed by atoms with Crippen molar-refractivity contribution < 1.29 is 39.5 Å². The fraction of sp³-hybridized carbons (Fsp3) is 0.742. The molecular weight excluding hydrogens is 514 g/mol. The molecule has 6 bridgehead atoms. The number of likely N-dealkylation sites (tertiary alicyclic amines) is 1. The summed E-state index contributed by atoms with van der Waals surface area (Å²) in [6, 6.07) is -0.378. The highest BCUT2D eigenvalue weighted by molar-refractivity contribution is 5.89. The van der Waals surface area contributed by atoms with Crippen LogP contribution in [0.3, 0.4) is 0 Å². The molecule has 220 valence electrons. The van der Waals surface area contributed by atoms with Gasteiger partial charge in [-0.1, -0.05) is 31.2 Å². The van der Waals surface area contributed by atoms with E-state index >= 15 is 0 Å². The van der Waals surface area contributed by atoms with Crippen molar-refractivity contribution in [2.24, 2.45) is 34.0 Å². The maximum absolute atomic E-state index is 13.4. The lowest BCUT2D eigenvalue weighted by molar-refractivity contribution is -0.361. The second-order valence-corrected chi connectivity index (χ2v) is 13.8. The molecule has 0 aromatic heterocycles. The molecule has 0 aromatic rings. The third kappa shape index (κ3) is 2.86. The zero-order valence-electron chi connectivity index (χ0n) is 24.3. The number of ether oxygens (including phenoxy) is 2. The van der Waals surface area contributed by atoms with Crippen LogP contribution in [0.5, 0.6) is 0 Å². The summed E-state index contributed by atoms with van der Waals surface area (Å²) >= 11 is 0. The van der Waals surface area contributed by atoms with Gasteiger partial charge in [-0.25, -0.2) is 9.59 Å². The molecular formula is C31H43NO8. The minimum Gasteiger partial charge on any atom is -0.455 e. The van der Waals surface area contributed by atoms with Gasteiger partial charge in [0.05, 0.1) is 12.2 Å². The van der Waals surface area contributed by atoms with Crippen LogP contribution in [0.25, 0.3) is 0 Å². The van der Waals surface area contributed by atoms with Crippen molar-refractivity contribution >= 4 is 11.9 Å². The Morgan fingerprint density at radius 2 is 1.57 bits per heavy atom. The zero-order chi connectivity index (χ0) is 29.3. The molecule has 0 amide bonds. The summed E-state index contributed by atoms with van der Waals surface area (Å²) in [4.78, 5) is 28.9. The van der Waals surface area contributed by atoms with Gasteiger partial charge in [0.15, 0.2) is 0 Å². The van der Waals surface area contributed by atoms with Gasteiger partial charge in [-0.05, 0) is 59.9 Å². The highest BCUT2D eigenvalue weighted by atomic mass is 16.6. The third-order valence-corrected chi connectivity index (χ3v) is 12.3. The van der Waals surface area contributed by atoms with E-state index in [1.165, 1.54) is 0 Å². The summed E-state index contributed by atoms with van der Waals surface area (Å²) in [6.45, 7) is 13.4. The molecule has 4 N–H and O–H groups in total. The van der Waals surface area contributed by atoms with Crippen LogP contribution >= 0.6 is 0 Å². The van der Waals surface area contributed by atoms with Crippen molar-refractivity contribution in [2.45, 2.75) is 96.0 Å². The van der Waals surface area contributed by atoms with E-state index in [2.05, 4.69) is 11.5 Å². The number of hydrogen-bond acceptors (Lipinski definition) is 9. The molecule has 5 saturated carbocycles. The van der Waals surface area contributed by atoms with E-state index < -0.39 is 76.1 Å². The van der Waals surface area contributed by atoms with E-state index in [0.29, 0.717) is 24.1 Å². The fourth-order valence-electron chi connectivity index (χ4n) is 11.1. The summed E-state index contributed by atoms with van der Waals surface area (Å²) in [5.41, 5.74) is -3.28. The number of hydrogen-bond donors (Lipinski definition) is 4. The van der Waals surface area contributed by atoms with Crippen molar-refractivity contribution in [3.8, 4) is 0 Å². The number of carbonyl (C=O) groups excluding carboxylic acids is 2. The number of aliphatic hydroxyl groups is 4. The van der Waals surface area contributed by atoms with Crippen LogP contribution in [-0.4, -0.2) is 93.0 Å². The predicted octanol–water partition coefficient (Wildman–Crippen LogP) is 1.49. The number of rotatable bonds is 4. The second-order valence-electron chi connectivity index (χ2n) is 13.8. The average molecular weight is 558 g/mol. The van der Waals surface area contributed by atoms with Crippen molar-refractivity contribution in [3.63, 3.8) is 0 Å². The van der Waals surface area contributed by atoms with Crippen LogP contribution in [0.4, 0.5) is 0 Å². The molecule has 0 radical (unpaired) electrons. The van der Waals surface area contributed by atoms with Crippen LogP contribution in [0.2, 0.25) is 0 Å². The van der Waals surface area contributed by atoms with Gasteiger partial charge >= 0.3 is 11.9 Å². The molecule has 6 aliphatic rings. The third-order valence-electron chi connectivity index (χ3n) is 12.3. The molecule has 1 saturated heterocycles. The number of allylic oxidation sites excluding steroid dienone is 2. The number of aliphatic hydroxyl groups excluding tert-OH is 3. The summed E-state index contributed by atoms with van der Waals surface area (Å²) in [5.74, 6) is -2.63. The molecule has 1 aliphatic heterocycles. The molecule has 5 aliphatic carbocycles. The van der Waals surface area contributed by atoms with Crippen molar-refractivity contribution in [1.82, 2.24) is 4.90 Å². The first-order valence-electron chi connectivity index (χ1n) is 14.5. The predicted molar refractivity (Wildman–Crippen MR) is 144 cm³/mol. The average Bonchev–Trinajstić information content (AvgIpc) is 3.21. The topological polar surface area (TPSA) is 137 Å². The lowest BCUT2D eigenvalue weighted by atomic mass is 9.38. The first-order chi connectivity index (χ1) is 18.7. The molecule has 40 heavy (non-hydrogen) atoms. The van der Waals surface area contributed by atoms with E-state index in [-0.39, 0.29) is 24.8 Å². The SMILES string of the molecule is C=C1C[C@]23[C@@H]4[C@H]1[C@@H](OC(=O)/C(C)=C/C)[C@@H](OC(=O)/C(C)=C/C)[C@H]2[C@@]12C[C@@H](O)C[C@@](C)(CN(C)[C@H]41)[C@@]2(O)[C@@H](O)[C@@H]3O. The number of piperidine rings is 1. The Hall–Kier alpha value is -2.04. The van der Waals surface area contributed by atoms with Gasteiger partial charge in [-0.3, -0.25) is 0 Å². The molecule has 6 fully saturated rings. The lowest BCUT2D eigenvalue weighted by Gasteiger charge is -2.73. The van der Waals surface area contributed by atoms with Crippen LogP contribution in [0.1, 0.15) is 53.9 Å². The van der Waals surface area contributed by atoms with Gasteiger partial charge in [0.2, 0.25) is 0 Å². The number of nitrogens with zero attached hydrogens (tertiary/aromatic N) is 1. The maximum Gasteiger partial charge on any atom is 0.333 e. The Balaban J connectivity index is 1.64. The molecule has 6 rings (SSSR count). The molecule has 1 heterocycles. The zero-order valence-corrected chi connectivity index (χ0v) is 24.3. The first kappa shape index (κ1) is 28.1. The van der Waals surface area contributed by atoms with Gasteiger partial charge in [-0.2, -0.15) is 0 Å². The van der Waals surface area contributed by atoms with E-state index in [9.17, 15) is 30.0 Å². The molecule has 9 nitrogen and oxygen atoms in total. The molecule has 2 spiro atoms. The van der Waals surface area contributed by atoms with Gasteiger partial charge in [-0.15, -0.1) is 0 Å². The number of carbonyl (C=O) groups is 2. The second kappa shape index (κ2) is 8.51. The summed E-state index contributed by atoms with van der Waals surface area (Å²) in [5, 5.41) is 48.2. The minimum atomic E-state index is -1.78. The minimum absolute atomic E-state index is 0.172. The van der Waals surface area contributed by atoms with Crippen molar-refractivity contribution in [2.75, 3.05) is 13.6 Å². The van der Waals surface area contributed by atoms with E-state index in [0.717, 1.165) is 5.57 Å². The Bertz CT molecular complexity index is 1240. The van der Waals surface area contributed by atoms with Crippen molar-refractivity contribution in [3.05, 3.63) is 35.5 Å². The van der Waals surface area contributed by atoms with Gasteiger partial charge in [0.1, 0.15) is 23.9 Å². The monoisotopic (exact) mass is 557 g/mol. The van der Waals surface area contributed by atoms with Crippen LogP contribution in [0.15, 0.2) is 35.5 Å². The highest BCUT2D eigenvalue weighted by Crippen LogP contribution is 2.84. The summed E-state index contributed by atoms with van der Waals surface area (Å²) in [6.07, 6.45) is -1.41. The van der Waals surface area contributed by atoms with Gasteiger partial charge < -0.3 is 34.8 Å². The molecule has 9 heteroatoms. The Labute approximate surface area is 235 Å². The highest BCUT2D eigenvalue weighted by Gasteiger charge is 2.93. The fourth-order valence-corrected chi connectivity index (χ4v) is 11.1. The van der Waals surface area contributed by atoms with Crippen LogP contribution in [-0.2, 0) is 19.1 Å². The number of esters is 2. The Kier molecular flexibility index (Phi) is 5.97. The summed E-state index contributed by atoms with van der Waals surface area (Å²) < 4.78 is 12.5. The molecule has 13 atom stereocenters. The quantitative estimate of drug-likeness (QED) is 0.230. The Morgan fingerprint density at radius 3 is 2.15 bits per heavy atom. The van der Waals surface area contributed by atoms with E-state index in [4.69, 9.17) is 9.47 Å². The molecule has 0 aromatic carbocycles. The van der Waals surface area contributed by atoms with Crippen LogP contribution in [0, 0.1) is 34.0 Å². The smallest absolute Gasteiger partial charge is 0.333 e. The largest absolute Gasteiger partial charge is 0.455 e. The molecule has 0 unspecified atom stereocenters. The van der Waals surface area contributed by atoms with E-state index in [1.54, 1.807) is 39.8 Å². The van der Waals surface area contributed by atoms with Crippen molar-refractivity contribution in [1.29, 1.82) is 0 Å². The standard InChI is InChI=1S/C31H43NO8/c1-8-14(3)26(36)39-20-18-16(5)10-29-19(18)23-30(22(29)21(20)40-27(37)15(4)9-2)12-17(33)11-28(6,13-32(23)7)31(30,38)25(35)24(29)34/h8-9,17-25,33-35,38H,5,10-13H2,1-4,6-7H3/b14-8+,15-9+/t17-,18-,19+,20+,21+,22+,23+,24-,25-,28-,29-,30-,31-/m0/s1. The Morgan fingerprint density at radius 1 is 1.00 bits per heavy atom. The first-order valence-corrected chi connectivity index (χ1v) is 14.5. The normalized spacial score (nSPS) is 53.0.